The predicted octanol–water partition coefficient (Wildman–Crippen LogP) is 2.30. The van der Waals surface area contributed by atoms with Crippen LogP contribution in [0.2, 0.25) is 0 Å². The van der Waals surface area contributed by atoms with Gasteiger partial charge in [0, 0.05) is 26.1 Å². The number of carbonyl (C=O) groups excluding carboxylic acids is 1. The van der Waals surface area contributed by atoms with Crippen LogP contribution in [0.4, 0.5) is 0 Å². The van der Waals surface area contributed by atoms with Crippen LogP contribution in [-0.2, 0) is 4.79 Å². The van der Waals surface area contributed by atoms with Gasteiger partial charge in [0.05, 0.1) is 0 Å². The molecule has 0 aliphatic carbocycles. The van der Waals surface area contributed by atoms with Gasteiger partial charge in [0.25, 0.3) is 0 Å². The number of halogens is 1. The largest absolute Gasteiger partial charge is 0.342 e. The summed E-state index contributed by atoms with van der Waals surface area (Å²) in [6.07, 6.45) is 4.39. The summed E-state index contributed by atoms with van der Waals surface area (Å²) in [7, 11) is 1.89. The molecule has 1 unspecified atom stereocenters. The summed E-state index contributed by atoms with van der Waals surface area (Å²) in [5, 5.41) is 3.03. The highest BCUT2D eigenvalue weighted by atomic mass is 35.5. The van der Waals surface area contributed by atoms with Crippen LogP contribution in [0.3, 0.4) is 0 Å². The topological polar surface area (TPSA) is 32.3 Å². The third kappa shape index (κ3) is 6.27. The van der Waals surface area contributed by atoms with Crippen LogP contribution < -0.4 is 5.32 Å². The average Bonchev–Trinajstić information content (AvgIpc) is 2.25. The Hall–Kier alpha value is -0.280. The van der Waals surface area contributed by atoms with Crippen molar-refractivity contribution < 1.29 is 4.79 Å². The smallest absolute Gasteiger partial charge is 0.223 e. The third-order valence-electron chi connectivity index (χ3n) is 3.27. The number of amides is 1. The summed E-state index contributed by atoms with van der Waals surface area (Å²) in [5.41, 5.74) is 0. The molecule has 0 bridgehead atoms. The molecule has 1 saturated heterocycles. The Morgan fingerprint density at radius 2 is 2.18 bits per heavy atom. The Bertz CT molecular complexity index is 221. The van der Waals surface area contributed by atoms with Crippen molar-refractivity contribution in [2.24, 2.45) is 11.8 Å². The molecule has 0 saturated carbocycles. The monoisotopic (exact) mass is 262 g/mol. The lowest BCUT2D eigenvalue weighted by atomic mass is 9.89. The van der Waals surface area contributed by atoms with Crippen LogP contribution in [0.5, 0.6) is 0 Å². The van der Waals surface area contributed by atoms with E-state index >= 15 is 0 Å². The predicted molar refractivity (Wildman–Crippen MR) is 74.6 cm³/mol. The second kappa shape index (κ2) is 8.76. The maximum absolute atomic E-state index is 11.9. The molecule has 3 nitrogen and oxygen atoms in total. The molecule has 1 atom stereocenters. The third-order valence-corrected chi connectivity index (χ3v) is 3.27. The van der Waals surface area contributed by atoms with Gasteiger partial charge in [-0.15, -0.1) is 12.4 Å². The van der Waals surface area contributed by atoms with Crippen molar-refractivity contribution >= 4 is 18.3 Å². The summed E-state index contributed by atoms with van der Waals surface area (Å²) in [6.45, 7) is 7.28. The van der Waals surface area contributed by atoms with E-state index in [-0.39, 0.29) is 12.4 Å². The van der Waals surface area contributed by atoms with Crippen LogP contribution >= 0.6 is 12.4 Å². The van der Waals surface area contributed by atoms with E-state index < -0.39 is 0 Å². The maximum Gasteiger partial charge on any atom is 0.223 e. The molecule has 1 heterocycles. The Labute approximate surface area is 112 Å². The van der Waals surface area contributed by atoms with Gasteiger partial charge in [-0.25, -0.2) is 0 Å². The van der Waals surface area contributed by atoms with Gasteiger partial charge < -0.3 is 10.2 Å². The first-order valence-corrected chi connectivity index (χ1v) is 6.55. The molecule has 1 fully saturated rings. The van der Waals surface area contributed by atoms with Crippen molar-refractivity contribution in [1.82, 2.24) is 10.2 Å². The first kappa shape index (κ1) is 16.7. The van der Waals surface area contributed by atoms with Crippen molar-refractivity contribution in [3.05, 3.63) is 0 Å². The number of piperidine rings is 1. The van der Waals surface area contributed by atoms with Crippen molar-refractivity contribution in [3.63, 3.8) is 0 Å². The van der Waals surface area contributed by atoms with Gasteiger partial charge in [-0.3, -0.25) is 4.79 Å². The van der Waals surface area contributed by atoms with Gasteiger partial charge in [0.1, 0.15) is 0 Å². The Kier molecular flexibility index (Phi) is 8.61. The molecular weight excluding hydrogens is 236 g/mol. The molecule has 0 aromatic carbocycles. The van der Waals surface area contributed by atoms with Gasteiger partial charge in [0.2, 0.25) is 5.91 Å². The minimum Gasteiger partial charge on any atom is -0.342 e. The molecule has 1 N–H and O–H groups in total. The second-order valence-electron chi connectivity index (χ2n) is 5.33. The molecule has 0 aromatic heterocycles. The van der Waals surface area contributed by atoms with E-state index in [4.69, 9.17) is 0 Å². The summed E-state index contributed by atoms with van der Waals surface area (Å²) in [6, 6.07) is 0. The summed E-state index contributed by atoms with van der Waals surface area (Å²) in [5.74, 6) is 1.80. The number of hydrogen-bond donors (Lipinski definition) is 1. The van der Waals surface area contributed by atoms with Crippen LogP contribution in [-0.4, -0.2) is 37.5 Å². The van der Waals surface area contributed by atoms with E-state index in [2.05, 4.69) is 24.1 Å². The van der Waals surface area contributed by atoms with Crippen LogP contribution in [0.15, 0.2) is 0 Å². The zero-order valence-electron chi connectivity index (χ0n) is 11.4. The quantitative estimate of drug-likeness (QED) is 0.825. The Balaban J connectivity index is 0.00000256. The molecule has 0 aromatic rings. The molecule has 1 amide bonds. The Morgan fingerprint density at radius 1 is 1.47 bits per heavy atom. The van der Waals surface area contributed by atoms with Crippen molar-refractivity contribution in [1.29, 1.82) is 0 Å². The number of nitrogens with one attached hydrogen (secondary N) is 1. The normalized spacial score (nSPS) is 20.2. The summed E-state index contributed by atoms with van der Waals surface area (Å²) in [4.78, 5) is 13.9. The molecular formula is C13H27ClN2O. The van der Waals surface area contributed by atoms with E-state index in [1.807, 2.05) is 7.05 Å². The lowest BCUT2D eigenvalue weighted by molar-refractivity contribution is -0.133. The highest BCUT2D eigenvalue weighted by Crippen LogP contribution is 2.23. The second-order valence-corrected chi connectivity index (χ2v) is 5.33. The first-order valence-electron chi connectivity index (χ1n) is 6.55. The Morgan fingerprint density at radius 3 is 2.76 bits per heavy atom. The fourth-order valence-electron chi connectivity index (χ4n) is 2.54. The number of carbonyl (C=O) groups is 1. The standard InChI is InChI=1S/C13H26N2O.ClH/c1-11(2)9-12-5-4-8-15(10-12)13(16)6-7-14-3;/h11-12,14H,4-10H2,1-3H3;1H. The fourth-order valence-corrected chi connectivity index (χ4v) is 2.54. The van der Waals surface area contributed by atoms with E-state index in [1.165, 1.54) is 19.3 Å². The summed E-state index contributed by atoms with van der Waals surface area (Å²) < 4.78 is 0. The van der Waals surface area contributed by atoms with Gasteiger partial charge >= 0.3 is 0 Å². The number of nitrogens with zero attached hydrogens (tertiary/aromatic N) is 1. The van der Waals surface area contributed by atoms with E-state index in [0.717, 1.165) is 31.5 Å². The highest BCUT2D eigenvalue weighted by molar-refractivity contribution is 5.85. The van der Waals surface area contributed by atoms with Crippen LogP contribution in [0.25, 0.3) is 0 Å². The molecule has 17 heavy (non-hydrogen) atoms. The molecule has 102 valence electrons. The van der Waals surface area contributed by atoms with Crippen molar-refractivity contribution in [2.45, 2.75) is 39.5 Å². The number of likely N-dealkylation sites (tertiary alicyclic amines) is 1. The SMILES string of the molecule is CNCCC(=O)N1CCCC(CC(C)C)C1.Cl. The fraction of sp³-hybridized carbons (Fsp3) is 0.923. The van der Waals surface area contributed by atoms with Crippen LogP contribution in [0.1, 0.15) is 39.5 Å². The lowest BCUT2D eigenvalue weighted by Gasteiger charge is -2.33. The lowest BCUT2D eigenvalue weighted by Crippen LogP contribution is -2.41. The van der Waals surface area contributed by atoms with Crippen LogP contribution in [0, 0.1) is 11.8 Å². The van der Waals surface area contributed by atoms with Gasteiger partial charge in [-0.2, -0.15) is 0 Å². The van der Waals surface area contributed by atoms with Gasteiger partial charge in [-0.1, -0.05) is 13.8 Å². The zero-order valence-corrected chi connectivity index (χ0v) is 12.2. The highest BCUT2D eigenvalue weighted by Gasteiger charge is 2.23. The zero-order chi connectivity index (χ0) is 12.0. The molecule has 1 aliphatic heterocycles. The van der Waals surface area contributed by atoms with E-state index in [1.54, 1.807) is 0 Å². The minimum absolute atomic E-state index is 0. The summed E-state index contributed by atoms with van der Waals surface area (Å²) >= 11 is 0. The van der Waals surface area contributed by atoms with Gasteiger partial charge in [-0.05, 0) is 38.1 Å². The van der Waals surface area contributed by atoms with E-state index in [0.29, 0.717) is 12.3 Å². The molecule has 0 spiro atoms. The van der Waals surface area contributed by atoms with Gasteiger partial charge in [0.15, 0.2) is 0 Å². The van der Waals surface area contributed by atoms with E-state index in [9.17, 15) is 4.79 Å². The molecule has 0 radical (unpaired) electrons. The molecule has 1 aliphatic rings. The maximum atomic E-state index is 11.9. The van der Waals surface area contributed by atoms with Crippen molar-refractivity contribution in [2.75, 3.05) is 26.7 Å². The first-order chi connectivity index (χ1) is 7.63. The molecule has 1 rings (SSSR count). The molecule has 4 heteroatoms. The average molecular weight is 263 g/mol. The number of hydrogen-bond acceptors (Lipinski definition) is 2. The number of rotatable bonds is 5. The minimum atomic E-state index is 0. The van der Waals surface area contributed by atoms with Crippen molar-refractivity contribution in [3.8, 4) is 0 Å².